The van der Waals surface area contributed by atoms with Crippen LogP contribution in [-0.4, -0.2) is 17.9 Å². The van der Waals surface area contributed by atoms with Crippen LogP contribution in [0.2, 0.25) is 0 Å². The van der Waals surface area contributed by atoms with Crippen LogP contribution in [0.25, 0.3) is 0 Å². The summed E-state index contributed by atoms with van der Waals surface area (Å²) in [6.45, 7) is 2.52. The van der Waals surface area contributed by atoms with Crippen molar-refractivity contribution >= 4 is 6.16 Å². The molecule has 0 aliphatic rings. The summed E-state index contributed by atoms with van der Waals surface area (Å²) in [4.78, 5) is 10.4. The van der Waals surface area contributed by atoms with Gasteiger partial charge in [0.25, 0.3) is 0 Å². The predicted octanol–water partition coefficient (Wildman–Crippen LogP) is 6.42. The standard InChI is InChI=1S/C23H30O3/c1-2-3-12-19-15-9-10-17-22(19)21(20-13-6-4-7-14-20)16-8-5-11-18-26-23(24)25/h4,6-7,9-10,13-15,17,21H,2-3,5,8,11-12,16,18H2,1H3,(H,24,25). The normalized spacial score (nSPS) is 11.9. The first-order chi connectivity index (χ1) is 12.7. The van der Waals surface area contributed by atoms with Crippen LogP contribution >= 0.6 is 0 Å². The summed E-state index contributed by atoms with van der Waals surface area (Å²) >= 11 is 0. The Balaban J connectivity index is 2.07. The Morgan fingerprint density at radius 2 is 1.69 bits per heavy atom. The molecule has 3 nitrogen and oxygen atoms in total. The summed E-state index contributed by atoms with van der Waals surface area (Å²) in [6, 6.07) is 19.5. The SMILES string of the molecule is CCCCc1ccccc1C(CCCCCOC(=O)O)c1ccccc1. The van der Waals surface area contributed by atoms with Gasteiger partial charge in [-0.1, -0.05) is 80.8 Å². The van der Waals surface area contributed by atoms with Crippen molar-refractivity contribution in [3.05, 3.63) is 71.3 Å². The maximum atomic E-state index is 10.4. The molecular weight excluding hydrogens is 324 g/mol. The predicted molar refractivity (Wildman–Crippen MR) is 106 cm³/mol. The van der Waals surface area contributed by atoms with E-state index in [9.17, 15) is 4.79 Å². The molecule has 0 aliphatic heterocycles. The highest BCUT2D eigenvalue weighted by molar-refractivity contribution is 5.56. The van der Waals surface area contributed by atoms with E-state index >= 15 is 0 Å². The van der Waals surface area contributed by atoms with Crippen LogP contribution in [0, 0.1) is 0 Å². The number of unbranched alkanes of at least 4 members (excludes halogenated alkanes) is 3. The second kappa shape index (κ2) is 11.3. The molecule has 3 heteroatoms. The van der Waals surface area contributed by atoms with Crippen LogP contribution in [0.3, 0.4) is 0 Å². The second-order valence-electron chi connectivity index (χ2n) is 6.73. The lowest BCUT2D eigenvalue weighted by atomic mass is 9.83. The minimum absolute atomic E-state index is 0.290. The lowest BCUT2D eigenvalue weighted by Gasteiger charge is -2.21. The Kier molecular flexibility index (Phi) is 8.74. The first kappa shape index (κ1) is 20.0. The van der Waals surface area contributed by atoms with Gasteiger partial charge in [0.15, 0.2) is 0 Å². The Morgan fingerprint density at radius 1 is 0.962 bits per heavy atom. The fourth-order valence-electron chi connectivity index (χ4n) is 3.44. The maximum Gasteiger partial charge on any atom is 0.505 e. The summed E-state index contributed by atoms with van der Waals surface area (Å²) in [5.41, 5.74) is 4.25. The van der Waals surface area contributed by atoms with Crippen LogP contribution in [0.4, 0.5) is 4.79 Å². The molecule has 0 bridgehead atoms. The largest absolute Gasteiger partial charge is 0.505 e. The van der Waals surface area contributed by atoms with Crippen LogP contribution in [0.15, 0.2) is 54.6 Å². The van der Waals surface area contributed by atoms with E-state index < -0.39 is 6.16 Å². The van der Waals surface area contributed by atoms with Crippen molar-refractivity contribution < 1.29 is 14.6 Å². The summed E-state index contributed by atoms with van der Waals surface area (Å²) in [5, 5.41) is 8.53. The molecule has 1 atom stereocenters. The highest BCUT2D eigenvalue weighted by Gasteiger charge is 2.16. The molecule has 0 radical (unpaired) electrons. The third-order valence-corrected chi connectivity index (χ3v) is 4.79. The lowest BCUT2D eigenvalue weighted by Crippen LogP contribution is -2.06. The van der Waals surface area contributed by atoms with E-state index in [4.69, 9.17) is 5.11 Å². The molecule has 0 spiro atoms. The Morgan fingerprint density at radius 3 is 2.42 bits per heavy atom. The van der Waals surface area contributed by atoms with Gasteiger partial charge in [-0.2, -0.15) is 0 Å². The fraction of sp³-hybridized carbons (Fsp3) is 0.435. The summed E-state index contributed by atoms with van der Waals surface area (Å²) in [7, 11) is 0. The maximum absolute atomic E-state index is 10.4. The molecule has 0 amide bonds. The van der Waals surface area contributed by atoms with Crippen molar-refractivity contribution in [2.75, 3.05) is 6.61 Å². The van der Waals surface area contributed by atoms with E-state index in [0.717, 1.165) is 32.1 Å². The zero-order valence-electron chi connectivity index (χ0n) is 15.7. The molecule has 1 N–H and O–H groups in total. The van der Waals surface area contributed by atoms with Crippen molar-refractivity contribution in [3.8, 4) is 0 Å². The molecule has 0 fully saturated rings. The monoisotopic (exact) mass is 354 g/mol. The third-order valence-electron chi connectivity index (χ3n) is 4.79. The van der Waals surface area contributed by atoms with Crippen LogP contribution in [-0.2, 0) is 11.2 Å². The Labute approximate surface area is 157 Å². The van der Waals surface area contributed by atoms with Gasteiger partial charge in [0.2, 0.25) is 0 Å². The van der Waals surface area contributed by atoms with Crippen molar-refractivity contribution in [3.63, 3.8) is 0 Å². The summed E-state index contributed by atoms with van der Waals surface area (Å²) < 4.78 is 4.60. The molecule has 0 aliphatic carbocycles. The van der Waals surface area contributed by atoms with Crippen LogP contribution < -0.4 is 0 Å². The first-order valence-corrected chi connectivity index (χ1v) is 9.70. The molecule has 0 heterocycles. The van der Waals surface area contributed by atoms with Crippen LogP contribution in [0.1, 0.15) is 68.1 Å². The highest BCUT2D eigenvalue weighted by Crippen LogP contribution is 2.32. The molecule has 2 rings (SSSR count). The lowest BCUT2D eigenvalue weighted by molar-refractivity contribution is 0.0899. The molecule has 26 heavy (non-hydrogen) atoms. The number of benzene rings is 2. The van der Waals surface area contributed by atoms with Crippen molar-refractivity contribution in [2.45, 2.75) is 57.8 Å². The van der Waals surface area contributed by atoms with E-state index in [1.54, 1.807) is 0 Å². The van der Waals surface area contributed by atoms with E-state index in [2.05, 4.69) is 66.3 Å². The molecule has 1 unspecified atom stereocenters. The van der Waals surface area contributed by atoms with Gasteiger partial charge in [-0.15, -0.1) is 0 Å². The van der Waals surface area contributed by atoms with Crippen molar-refractivity contribution in [2.24, 2.45) is 0 Å². The molecule has 0 saturated heterocycles. The Bertz CT molecular complexity index is 652. The van der Waals surface area contributed by atoms with E-state index in [1.807, 2.05) is 0 Å². The minimum atomic E-state index is -1.18. The molecule has 0 aromatic heterocycles. The van der Waals surface area contributed by atoms with Gasteiger partial charge in [-0.3, -0.25) is 0 Å². The van der Waals surface area contributed by atoms with Gasteiger partial charge in [0.05, 0.1) is 6.61 Å². The van der Waals surface area contributed by atoms with Gasteiger partial charge in [0, 0.05) is 5.92 Å². The fourth-order valence-corrected chi connectivity index (χ4v) is 3.44. The quantitative estimate of drug-likeness (QED) is 0.374. The van der Waals surface area contributed by atoms with E-state index in [-0.39, 0.29) is 0 Å². The molecule has 0 saturated carbocycles. The number of ether oxygens (including phenoxy) is 1. The number of carboxylic acid groups (broad SMARTS) is 1. The molecule has 2 aromatic rings. The Hall–Kier alpha value is -2.29. The summed E-state index contributed by atoms with van der Waals surface area (Å²) in [6.07, 6.45) is 6.25. The zero-order chi connectivity index (χ0) is 18.6. The average molecular weight is 354 g/mol. The number of aryl methyl sites for hydroxylation is 1. The number of hydrogen-bond acceptors (Lipinski definition) is 2. The van der Waals surface area contributed by atoms with E-state index in [0.29, 0.717) is 12.5 Å². The number of hydrogen-bond donors (Lipinski definition) is 1. The number of carbonyl (C=O) groups is 1. The smallest absolute Gasteiger partial charge is 0.450 e. The molecular formula is C23H30O3. The minimum Gasteiger partial charge on any atom is -0.450 e. The molecule has 140 valence electrons. The third kappa shape index (κ3) is 6.55. The van der Waals surface area contributed by atoms with Crippen molar-refractivity contribution in [1.82, 2.24) is 0 Å². The van der Waals surface area contributed by atoms with Gasteiger partial charge in [-0.05, 0) is 42.4 Å². The first-order valence-electron chi connectivity index (χ1n) is 9.70. The topological polar surface area (TPSA) is 46.5 Å². The highest BCUT2D eigenvalue weighted by atomic mass is 16.7. The van der Waals surface area contributed by atoms with Crippen LogP contribution in [0.5, 0.6) is 0 Å². The van der Waals surface area contributed by atoms with Crippen molar-refractivity contribution in [1.29, 1.82) is 0 Å². The number of rotatable bonds is 11. The second-order valence-corrected chi connectivity index (χ2v) is 6.73. The average Bonchev–Trinajstić information content (AvgIpc) is 2.67. The van der Waals surface area contributed by atoms with Gasteiger partial charge in [0.1, 0.15) is 0 Å². The van der Waals surface area contributed by atoms with E-state index in [1.165, 1.54) is 29.5 Å². The summed E-state index contributed by atoms with van der Waals surface area (Å²) in [5.74, 6) is 0.393. The van der Waals surface area contributed by atoms with Gasteiger partial charge in [-0.25, -0.2) is 4.79 Å². The molecule has 2 aromatic carbocycles. The zero-order valence-corrected chi connectivity index (χ0v) is 15.7. The van der Waals surface area contributed by atoms with Gasteiger partial charge >= 0.3 is 6.16 Å². The van der Waals surface area contributed by atoms with Gasteiger partial charge < -0.3 is 9.84 Å².